The predicted molar refractivity (Wildman–Crippen MR) is 94.4 cm³/mol. The van der Waals surface area contributed by atoms with Crippen molar-refractivity contribution in [2.75, 3.05) is 0 Å². The summed E-state index contributed by atoms with van der Waals surface area (Å²) in [7, 11) is -1.14. The van der Waals surface area contributed by atoms with E-state index in [0.717, 1.165) is 11.8 Å². The van der Waals surface area contributed by atoms with Crippen LogP contribution in [0.15, 0.2) is 0 Å². The van der Waals surface area contributed by atoms with Gasteiger partial charge in [-0.05, 0) is 24.9 Å². The molecule has 0 saturated heterocycles. The third kappa shape index (κ3) is 32.1. The summed E-state index contributed by atoms with van der Waals surface area (Å²) in [5, 5.41) is 0. The van der Waals surface area contributed by atoms with Gasteiger partial charge in [0, 0.05) is 0 Å². The Morgan fingerprint density at radius 2 is 1.21 bits per heavy atom. The van der Waals surface area contributed by atoms with Gasteiger partial charge in [-0.15, -0.1) is 0 Å². The molecule has 0 aliphatic heterocycles. The van der Waals surface area contributed by atoms with Gasteiger partial charge in [-0.1, -0.05) is 86.5 Å². The van der Waals surface area contributed by atoms with Crippen LogP contribution < -0.4 is 0 Å². The Balaban J connectivity index is -0.000000222. The maximum atomic E-state index is 8.19. The Bertz CT molecular complexity index is 126. The molecule has 120 valence electrons. The van der Waals surface area contributed by atoms with Crippen LogP contribution in [0, 0.1) is 11.8 Å². The fourth-order valence-electron chi connectivity index (χ4n) is 1.48. The van der Waals surface area contributed by atoms with Crippen molar-refractivity contribution in [3.8, 4) is 0 Å². The van der Waals surface area contributed by atoms with Gasteiger partial charge >= 0.3 is 0 Å². The Morgan fingerprint density at radius 1 is 0.842 bits per heavy atom. The second-order valence-electron chi connectivity index (χ2n) is 5.84. The van der Waals surface area contributed by atoms with Crippen molar-refractivity contribution in [2.45, 2.75) is 99.6 Å². The zero-order valence-corrected chi connectivity index (χ0v) is 16.3. The molecule has 0 aromatic heterocycles. The van der Waals surface area contributed by atoms with E-state index in [1.807, 2.05) is 13.1 Å². The SMILES string of the molecule is CCC(C)CC.CCCCC(CC)CC.C[SiH](C)O. The molecule has 0 aliphatic carbocycles. The molecule has 1 nitrogen and oxygen atoms in total. The Hall–Kier alpha value is 0.177. The van der Waals surface area contributed by atoms with Crippen molar-refractivity contribution >= 4 is 9.04 Å². The summed E-state index contributed by atoms with van der Waals surface area (Å²) in [6.07, 6.45) is 9.63. The highest BCUT2D eigenvalue weighted by molar-refractivity contribution is 6.46. The van der Waals surface area contributed by atoms with Gasteiger partial charge in [0.25, 0.3) is 0 Å². The van der Waals surface area contributed by atoms with E-state index in [9.17, 15) is 0 Å². The van der Waals surface area contributed by atoms with Crippen molar-refractivity contribution < 1.29 is 4.80 Å². The molecule has 0 heterocycles. The van der Waals surface area contributed by atoms with E-state index in [4.69, 9.17) is 4.80 Å². The van der Waals surface area contributed by atoms with Gasteiger partial charge in [0.2, 0.25) is 0 Å². The maximum Gasteiger partial charge on any atom is 0.166 e. The van der Waals surface area contributed by atoms with Crippen LogP contribution in [-0.4, -0.2) is 13.8 Å². The lowest BCUT2D eigenvalue weighted by Crippen LogP contribution is -1.95. The van der Waals surface area contributed by atoms with Crippen LogP contribution in [0.2, 0.25) is 13.1 Å². The summed E-state index contributed by atoms with van der Waals surface area (Å²) in [5.74, 6) is 1.94. The van der Waals surface area contributed by atoms with Gasteiger partial charge in [0.1, 0.15) is 0 Å². The van der Waals surface area contributed by atoms with Crippen LogP contribution in [-0.2, 0) is 0 Å². The van der Waals surface area contributed by atoms with E-state index in [2.05, 4.69) is 41.5 Å². The molecular weight excluding hydrogens is 248 g/mol. The van der Waals surface area contributed by atoms with E-state index in [-0.39, 0.29) is 0 Å². The van der Waals surface area contributed by atoms with Crippen molar-refractivity contribution in [1.29, 1.82) is 0 Å². The van der Waals surface area contributed by atoms with Crippen molar-refractivity contribution in [2.24, 2.45) is 11.8 Å². The van der Waals surface area contributed by atoms with Crippen LogP contribution in [0.1, 0.15) is 86.5 Å². The van der Waals surface area contributed by atoms with Gasteiger partial charge < -0.3 is 4.80 Å². The molecule has 0 bridgehead atoms. The van der Waals surface area contributed by atoms with Gasteiger partial charge in [-0.3, -0.25) is 0 Å². The summed E-state index contributed by atoms with van der Waals surface area (Å²) < 4.78 is 0. The van der Waals surface area contributed by atoms with Gasteiger partial charge in [-0.2, -0.15) is 0 Å². The third-order valence-electron chi connectivity index (χ3n) is 3.51. The lowest BCUT2D eigenvalue weighted by molar-refractivity contribution is 0.438. The molecule has 0 atom stereocenters. The lowest BCUT2D eigenvalue weighted by atomic mass is 9.97. The van der Waals surface area contributed by atoms with E-state index >= 15 is 0 Å². The first-order valence-electron chi connectivity index (χ1n) is 8.57. The summed E-state index contributed by atoms with van der Waals surface area (Å²) in [5.41, 5.74) is 0. The van der Waals surface area contributed by atoms with Gasteiger partial charge in [0.05, 0.1) is 0 Å². The van der Waals surface area contributed by atoms with E-state index in [1.165, 1.54) is 44.9 Å². The molecule has 0 aliphatic rings. The number of unbranched alkanes of at least 4 members (excludes halogenated alkanes) is 1. The number of hydrogen-bond donors (Lipinski definition) is 1. The van der Waals surface area contributed by atoms with E-state index in [1.54, 1.807) is 0 Å². The molecule has 0 unspecified atom stereocenters. The molecule has 0 fully saturated rings. The van der Waals surface area contributed by atoms with Gasteiger partial charge in [0.15, 0.2) is 9.04 Å². The summed E-state index contributed by atoms with van der Waals surface area (Å²) in [4.78, 5) is 8.19. The minimum absolute atomic E-state index is 0.935. The first-order chi connectivity index (χ1) is 8.89. The second-order valence-corrected chi connectivity index (χ2v) is 8.03. The molecule has 0 rings (SSSR count). The Morgan fingerprint density at radius 3 is 1.37 bits per heavy atom. The van der Waals surface area contributed by atoms with Crippen LogP contribution in [0.5, 0.6) is 0 Å². The van der Waals surface area contributed by atoms with E-state index in [0.29, 0.717) is 0 Å². The lowest BCUT2D eigenvalue weighted by Gasteiger charge is -2.09. The van der Waals surface area contributed by atoms with Crippen LogP contribution in [0.3, 0.4) is 0 Å². The fourth-order valence-corrected chi connectivity index (χ4v) is 1.48. The van der Waals surface area contributed by atoms with Gasteiger partial charge in [-0.25, -0.2) is 0 Å². The monoisotopic (exact) mass is 290 g/mol. The first-order valence-corrected chi connectivity index (χ1v) is 11.4. The largest absolute Gasteiger partial charge is 0.435 e. The molecule has 0 saturated carbocycles. The Labute approximate surface area is 125 Å². The second kappa shape index (κ2) is 20.5. The highest BCUT2D eigenvalue weighted by Gasteiger charge is 2.00. The number of hydrogen-bond acceptors (Lipinski definition) is 1. The third-order valence-corrected chi connectivity index (χ3v) is 3.51. The normalized spacial score (nSPS) is 10.1. The van der Waals surface area contributed by atoms with Crippen LogP contribution >= 0.6 is 0 Å². The maximum absolute atomic E-state index is 8.19. The quantitative estimate of drug-likeness (QED) is 0.569. The van der Waals surface area contributed by atoms with Crippen molar-refractivity contribution in [1.82, 2.24) is 0 Å². The summed E-state index contributed by atoms with van der Waals surface area (Å²) >= 11 is 0. The van der Waals surface area contributed by atoms with Crippen LogP contribution in [0.25, 0.3) is 0 Å². The molecule has 0 spiro atoms. The fraction of sp³-hybridized carbons (Fsp3) is 1.00. The smallest absolute Gasteiger partial charge is 0.166 e. The molecule has 0 aromatic carbocycles. The highest BCUT2D eigenvalue weighted by Crippen LogP contribution is 2.15. The van der Waals surface area contributed by atoms with Crippen LogP contribution in [0.4, 0.5) is 0 Å². The minimum Gasteiger partial charge on any atom is -0.435 e. The van der Waals surface area contributed by atoms with Crippen molar-refractivity contribution in [3.63, 3.8) is 0 Å². The summed E-state index contributed by atoms with van der Waals surface area (Å²) in [6.45, 7) is 17.3. The van der Waals surface area contributed by atoms with E-state index < -0.39 is 9.04 Å². The Kier molecular flexibility index (Phi) is 26.1. The molecular formula is C17H42OSi. The molecule has 2 heteroatoms. The van der Waals surface area contributed by atoms with Crippen molar-refractivity contribution in [3.05, 3.63) is 0 Å². The standard InChI is InChI=1S/C9H20.C6H14.C2H8OSi/c1-4-7-8-9(5-2)6-3;1-4-6(3)5-2;1-4(2)3/h9H,4-8H2,1-3H3;6H,4-5H2,1-3H3;3-4H,1-2H3. The molecule has 0 amide bonds. The topological polar surface area (TPSA) is 20.2 Å². The predicted octanol–water partition coefficient (Wildman–Crippen LogP) is 6.02. The average molecular weight is 291 g/mol. The minimum atomic E-state index is -1.14. The number of rotatable bonds is 7. The average Bonchev–Trinajstić information content (AvgIpc) is 2.39. The first kappa shape index (κ1) is 24.2. The molecule has 19 heavy (non-hydrogen) atoms. The summed E-state index contributed by atoms with van der Waals surface area (Å²) in [6, 6.07) is 0. The molecule has 1 N–H and O–H groups in total. The molecule has 0 radical (unpaired) electrons. The zero-order chi connectivity index (χ0) is 15.7. The molecule has 0 aromatic rings. The zero-order valence-electron chi connectivity index (χ0n) is 15.1. The highest BCUT2D eigenvalue weighted by atomic mass is 28.3.